The van der Waals surface area contributed by atoms with Crippen LogP contribution in [-0.4, -0.2) is 15.7 Å². The fourth-order valence-electron chi connectivity index (χ4n) is 3.40. The highest BCUT2D eigenvalue weighted by atomic mass is 16.1. The molecule has 0 aliphatic carbocycles. The van der Waals surface area contributed by atoms with E-state index in [-0.39, 0.29) is 11.9 Å². The van der Waals surface area contributed by atoms with Crippen molar-refractivity contribution in [3.8, 4) is 0 Å². The fourth-order valence-corrected chi connectivity index (χ4v) is 3.40. The fraction of sp³-hybridized carbons (Fsp3) is 0.545. The third kappa shape index (κ3) is 5.20. The maximum atomic E-state index is 12.6. The Morgan fingerprint density at radius 3 is 2.35 bits per heavy atom. The molecule has 0 aliphatic heterocycles. The highest BCUT2D eigenvalue weighted by molar-refractivity contribution is 5.76. The Bertz CT molecular complexity index is 716. The second kappa shape index (κ2) is 9.02. The standard InChI is InChI=1S/C22H33N3O/c1-15(2)14-25-18(6)20(17(5)24-25)12-13-21(26)23-22(16(3)4)19-10-8-7-9-11-19/h7-11,15-16,22H,12-14H2,1-6H3,(H,23,26). The van der Waals surface area contributed by atoms with Crippen LogP contribution in [0.1, 0.15) is 62.7 Å². The molecule has 0 bridgehead atoms. The summed E-state index contributed by atoms with van der Waals surface area (Å²) >= 11 is 0. The van der Waals surface area contributed by atoms with Crippen LogP contribution in [0.5, 0.6) is 0 Å². The lowest BCUT2D eigenvalue weighted by molar-refractivity contribution is -0.122. The highest BCUT2D eigenvalue weighted by Gasteiger charge is 2.19. The Morgan fingerprint density at radius 1 is 1.12 bits per heavy atom. The molecule has 1 aromatic heterocycles. The van der Waals surface area contributed by atoms with Crippen LogP contribution >= 0.6 is 0 Å². The lowest BCUT2D eigenvalue weighted by Gasteiger charge is -2.23. The second-order valence-corrected chi connectivity index (χ2v) is 7.93. The normalized spacial score (nSPS) is 12.6. The molecule has 1 amide bonds. The molecule has 0 radical (unpaired) electrons. The third-order valence-corrected chi connectivity index (χ3v) is 4.81. The van der Waals surface area contributed by atoms with Gasteiger partial charge in [-0.15, -0.1) is 0 Å². The van der Waals surface area contributed by atoms with Crippen molar-refractivity contribution in [2.45, 2.75) is 67.0 Å². The van der Waals surface area contributed by atoms with E-state index in [9.17, 15) is 4.79 Å². The molecule has 1 aromatic carbocycles. The van der Waals surface area contributed by atoms with Crippen molar-refractivity contribution < 1.29 is 4.79 Å². The number of nitrogens with zero attached hydrogens (tertiary/aromatic N) is 2. The van der Waals surface area contributed by atoms with Gasteiger partial charge in [0.2, 0.25) is 5.91 Å². The Kier molecular flexibility index (Phi) is 7.01. The lowest BCUT2D eigenvalue weighted by atomic mass is 9.95. The maximum absolute atomic E-state index is 12.6. The molecule has 1 N–H and O–H groups in total. The second-order valence-electron chi connectivity index (χ2n) is 7.93. The van der Waals surface area contributed by atoms with E-state index < -0.39 is 0 Å². The number of hydrogen-bond acceptors (Lipinski definition) is 2. The molecular weight excluding hydrogens is 322 g/mol. The molecule has 4 nitrogen and oxygen atoms in total. The Morgan fingerprint density at radius 2 is 1.77 bits per heavy atom. The number of carbonyl (C=O) groups excluding carboxylic acids is 1. The van der Waals surface area contributed by atoms with Crippen LogP contribution in [0.2, 0.25) is 0 Å². The van der Waals surface area contributed by atoms with Crippen LogP contribution in [0.3, 0.4) is 0 Å². The minimum absolute atomic E-state index is 0.0505. The van der Waals surface area contributed by atoms with Crippen molar-refractivity contribution in [3.05, 3.63) is 52.8 Å². The van der Waals surface area contributed by atoms with Gasteiger partial charge in [0.15, 0.2) is 0 Å². The van der Waals surface area contributed by atoms with E-state index >= 15 is 0 Å². The predicted octanol–water partition coefficient (Wildman–Crippen LogP) is 4.60. The minimum Gasteiger partial charge on any atom is -0.349 e. The number of nitrogens with one attached hydrogen (secondary N) is 1. The molecule has 0 saturated carbocycles. The number of aromatic nitrogens is 2. The Balaban J connectivity index is 2.01. The number of rotatable bonds is 8. The molecule has 0 spiro atoms. The van der Waals surface area contributed by atoms with E-state index in [1.807, 2.05) is 25.1 Å². The first-order valence-electron chi connectivity index (χ1n) is 9.66. The Labute approximate surface area is 158 Å². The van der Waals surface area contributed by atoms with Crippen molar-refractivity contribution >= 4 is 5.91 Å². The van der Waals surface area contributed by atoms with Gasteiger partial charge in [-0.2, -0.15) is 5.10 Å². The van der Waals surface area contributed by atoms with Crippen molar-refractivity contribution in [1.82, 2.24) is 15.1 Å². The minimum atomic E-state index is 0.0505. The molecule has 2 rings (SSSR count). The summed E-state index contributed by atoms with van der Waals surface area (Å²) in [5, 5.41) is 7.86. The number of hydrogen-bond donors (Lipinski definition) is 1. The van der Waals surface area contributed by atoms with Gasteiger partial charge in [0, 0.05) is 18.7 Å². The van der Waals surface area contributed by atoms with Crippen molar-refractivity contribution in [2.24, 2.45) is 11.8 Å². The molecule has 0 aliphatic rings. The van der Waals surface area contributed by atoms with E-state index in [1.165, 1.54) is 11.3 Å². The third-order valence-electron chi connectivity index (χ3n) is 4.81. The summed E-state index contributed by atoms with van der Waals surface area (Å²) in [6.07, 6.45) is 1.23. The van der Waals surface area contributed by atoms with Gasteiger partial charge in [-0.25, -0.2) is 0 Å². The molecule has 26 heavy (non-hydrogen) atoms. The molecule has 0 fully saturated rings. The lowest BCUT2D eigenvalue weighted by Crippen LogP contribution is -2.31. The number of amides is 1. The van der Waals surface area contributed by atoms with Crippen LogP contribution in [-0.2, 0) is 17.8 Å². The van der Waals surface area contributed by atoms with Crippen LogP contribution in [0, 0.1) is 25.7 Å². The van der Waals surface area contributed by atoms with Gasteiger partial charge in [0.25, 0.3) is 0 Å². The summed E-state index contributed by atoms with van der Waals surface area (Å²) in [5.41, 5.74) is 4.60. The van der Waals surface area contributed by atoms with Crippen LogP contribution < -0.4 is 5.32 Å². The molecular formula is C22H33N3O. The predicted molar refractivity (Wildman–Crippen MR) is 107 cm³/mol. The van der Waals surface area contributed by atoms with E-state index in [4.69, 9.17) is 0 Å². The summed E-state index contributed by atoms with van der Waals surface area (Å²) in [4.78, 5) is 12.6. The number of benzene rings is 1. The number of aryl methyl sites for hydroxylation is 1. The van der Waals surface area contributed by atoms with E-state index in [0.29, 0.717) is 18.3 Å². The summed E-state index contributed by atoms with van der Waals surface area (Å²) in [7, 11) is 0. The molecule has 142 valence electrons. The SMILES string of the molecule is Cc1nn(CC(C)C)c(C)c1CCC(=O)NC(c1ccccc1)C(C)C. The zero-order valence-corrected chi connectivity index (χ0v) is 17.0. The summed E-state index contributed by atoms with van der Waals surface area (Å²) in [5.74, 6) is 1.00. The quantitative estimate of drug-likeness (QED) is 0.752. The first-order valence-corrected chi connectivity index (χ1v) is 9.66. The average Bonchev–Trinajstić information content (AvgIpc) is 2.84. The van der Waals surface area contributed by atoms with Gasteiger partial charge >= 0.3 is 0 Å². The van der Waals surface area contributed by atoms with Crippen molar-refractivity contribution in [3.63, 3.8) is 0 Å². The molecule has 0 saturated heterocycles. The topological polar surface area (TPSA) is 46.9 Å². The van der Waals surface area contributed by atoms with Gasteiger partial charge in [-0.3, -0.25) is 9.48 Å². The van der Waals surface area contributed by atoms with Gasteiger partial charge in [0.05, 0.1) is 11.7 Å². The van der Waals surface area contributed by atoms with Crippen LogP contribution in [0.4, 0.5) is 0 Å². The smallest absolute Gasteiger partial charge is 0.220 e. The first kappa shape index (κ1) is 20.2. The molecule has 1 heterocycles. The summed E-state index contributed by atoms with van der Waals surface area (Å²) in [6.45, 7) is 13.7. The molecule has 1 unspecified atom stereocenters. The van der Waals surface area contributed by atoms with Gasteiger partial charge in [-0.05, 0) is 43.2 Å². The molecule has 2 aromatic rings. The Hall–Kier alpha value is -2.10. The van der Waals surface area contributed by atoms with Crippen LogP contribution in [0.15, 0.2) is 30.3 Å². The van der Waals surface area contributed by atoms with E-state index in [1.54, 1.807) is 0 Å². The number of carbonyl (C=O) groups is 1. The zero-order valence-electron chi connectivity index (χ0n) is 17.0. The van der Waals surface area contributed by atoms with Gasteiger partial charge < -0.3 is 5.32 Å². The maximum Gasteiger partial charge on any atom is 0.220 e. The van der Waals surface area contributed by atoms with Gasteiger partial charge in [0.1, 0.15) is 0 Å². The highest BCUT2D eigenvalue weighted by Crippen LogP contribution is 2.22. The monoisotopic (exact) mass is 355 g/mol. The molecule has 1 atom stereocenters. The summed E-state index contributed by atoms with van der Waals surface area (Å²) in [6, 6.07) is 10.3. The molecule has 4 heteroatoms. The summed E-state index contributed by atoms with van der Waals surface area (Å²) < 4.78 is 2.08. The first-order chi connectivity index (χ1) is 12.3. The largest absolute Gasteiger partial charge is 0.349 e. The van der Waals surface area contributed by atoms with Crippen LogP contribution in [0.25, 0.3) is 0 Å². The van der Waals surface area contributed by atoms with Crippen molar-refractivity contribution in [2.75, 3.05) is 0 Å². The van der Waals surface area contributed by atoms with Crippen molar-refractivity contribution in [1.29, 1.82) is 0 Å². The average molecular weight is 356 g/mol. The van der Waals surface area contributed by atoms with E-state index in [0.717, 1.165) is 24.2 Å². The van der Waals surface area contributed by atoms with E-state index in [2.05, 4.69) is 61.8 Å². The van der Waals surface area contributed by atoms with Gasteiger partial charge in [-0.1, -0.05) is 58.0 Å². The zero-order chi connectivity index (χ0) is 19.3.